The first-order valence-corrected chi connectivity index (χ1v) is 8.91. The Morgan fingerprint density at radius 2 is 2.31 bits per heavy atom. The van der Waals surface area contributed by atoms with Crippen LogP contribution in [0.2, 0.25) is 0 Å². The Hall–Kier alpha value is -2.87. The number of hydrogen-bond acceptors (Lipinski definition) is 4. The third-order valence-corrected chi connectivity index (χ3v) is 4.85. The van der Waals surface area contributed by atoms with Crippen molar-refractivity contribution in [3.63, 3.8) is 0 Å². The molecule has 0 spiro atoms. The van der Waals surface area contributed by atoms with Gasteiger partial charge < -0.3 is 9.64 Å². The van der Waals surface area contributed by atoms with Crippen molar-refractivity contribution in [3.8, 4) is 18.1 Å². The van der Waals surface area contributed by atoms with Crippen molar-refractivity contribution in [1.82, 2.24) is 14.9 Å². The van der Waals surface area contributed by atoms with Crippen molar-refractivity contribution in [2.75, 3.05) is 7.11 Å². The zero-order valence-electron chi connectivity index (χ0n) is 15.2. The SMILES string of the molecule is C#CC(=O)N1[C@@H](CCCC)Cc2cc(OC)cnc2[C@@H]1c1cccnc1. The Balaban J connectivity index is 2.14. The van der Waals surface area contributed by atoms with Gasteiger partial charge in [-0.2, -0.15) is 0 Å². The summed E-state index contributed by atoms with van der Waals surface area (Å²) in [5.41, 5.74) is 2.85. The van der Waals surface area contributed by atoms with E-state index in [-0.39, 0.29) is 18.0 Å². The molecule has 134 valence electrons. The average Bonchev–Trinajstić information content (AvgIpc) is 2.70. The summed E-state index contributed by atoms with van der Waals surface area (Å²) in [5.74, 6) is 2.73. The molecule has 5 heteroatoms. The van der Waals surface area contributed by atoms with Gasteiger partial charge in [0.05, 0.1) is 19.0 Å². The molecule has 26 heavy (non-hydrogen) atoms. The molecular formula is C21H23N3O2. The summed E-state index contributed by atoms with van der Waals surface area (Å²) in [6.07, 6.45) is 14.4. The first-order chi connectivity index (χ1) is 12.7. The van der Waals surface area contributed by atoms with Gasteiger partial charge in [0.25, 0.3) is 5.91 Å². The van der Waals surface area contributed by atoms with Gasteiger partial charge in [0, 0.05) is 18.4 Å². The second-order valence-electron chi connectivity index (χ2n) is 6.47. The summed E-state index contributed by atoms with van der Waals surface area (Å²) in [5, 5.41) is 0. The summed E-state index contributed by atoms with van der Waals surface area (Å²) >= 11 is 0. The number of aromatic nitrogens is 2. The van der Waals surface area contributed by atoms with Gasteiger partial charge in [0.1, 0.15) is 11.8 Å². The summed E-state index contributed by atoms with van der Waals surface area (Å²) < 4.78 is 5.35. The van der Waals surface area contributed by atoms with Crippen LogP contribution >= 0.6 is 0 Å². The molecule has 0 saturated heterocycles. The van der Waals surface area contributed by atoms with Crippen LogP contribution in [0.3, 0.4) is 0 Å². The highest BCUT2D eigenvalue weighted by Gasteiger charge is 2.38. The quantitative estimate of drug-likeness (QED) is 0.778. The Morgan fingerprint density at radius 3 is 2.96 bits per heavy atom. The van der Waals surface area contributed by atoms with Gasteiger partial charge in [0.15, 0.2) is 0 Å². The highest BCUT2D eigenvalue weighted by atomic mass is 16.5. The van der Waals surface area contributed by atoms with E-state index in [2.05, 4.69) is 22.8 Å². The lowest BCUT2D eigenvalue weighted by Gasteiger charge is -2.42. The van der Waals surface area contributed by atoms with E-state index in [0.717, 1.165) is 48.3 Å². The second-order valence-corrected chi connectivity index (χ2v) is 6.47. The van der Waals surface area contributed by atoms with Gasteiger partial charge in [-0.25, -0.2) is 0 Å². The molecule has 3 rings (SSSR count). The number of carbonyl (C=O) groups excluding carboxylic acids is 1. The Bertz CT molecular complexity index is 814. The van der Waals surface area contributed by atoms with Crippen LogP contribution in [0, 0.1) is 12.3 Å². The van der Waals surface area contributed by atoms with Gasteiger partial charge in [-0.15, -0.1) is 6.42 Å². The molecule has 0 bridgehead atoms. The second kappa shape index (κ2) is 8.01. The first-order valence-electron chi connectivity index (χ1n) is 8.91. The van der Waals surface area contributed by atoms with Gasteiger partial charge in [-0.1, -0.05) is 25.8 Å². The summed E-state index contributed by atoms with van der Waals surface area (Å²) in [4.78, 5) is 23.3. The molecule has 3 heterocycles. The molecular weight excluding hydrogens is 326 g/mol. The lowest BCUT2D eigenvalue weighted by Crippen LogP contribution is -2.47. The number of nitrogens with zero attached hydrogens (tertiary/aromatic N) is 3. The van der Waals surface area contributed by atoms with E-state index >= 15 is 0 Å². The Kier molecular flexibility index (Phi) is 5.52. The van der Waals surface area contributed by atoms with E-state index in [4.69, 9.17) is 11.2 Å². The molecule has 2 aromatic heterocycles. The van der Waals surface area contributed by atoms with Crippen LogP contribution in [0.15, 0.2) is 36.8 Å². The number of fused-ring (bicyclic) bond motifs is 1. The zero-order valence-corrected chi connectivity index (χ0v) is 15.2. The number of rotatable bonds is 5. The minimum atomic E-state index is -0.330. The number of carbonyl (C=O) groups is 1. The van der Waals surface area contributed by atoms with Crippen LogP contribution in [0.25, 0.3) is 0 Å². The Labute approximate surface area is 154 Å². The standard InChI is InChI=1S/C21H23N3O2/c1-4-6-9-17-11-16-12-18(26-3)14-23-20(16)21(24(17)19(25)5-2)15-8-7-10-22-13-15/h2,7-8,10,12-14,17,21H,4,6,9,11H2,1,3H3/t17-,21-/m0/s1. The van der Waals surface area contributed by atoms with E-state index in [1.165, 1.54) is 0 Å². The molecule has 0 radical (unpaired) electrons. The molecule has 0 aromatic carbocycles. The fourth-order valence-electron chi connectivity index (χ4n) is 3.61. The van der Waals surface area contributed by atoms with Crippen LogP contribution in [0.5, 0.6) is 5.75 Å². The van der Waals surface area contributed by atoms with E-state index < -0.39 is 0 Å². The third kappa shape index (κ3) is 3.41. The smallest absolute Gasteiger partial charge is 0.299 e. The number of ether oxygens (including phenoxy) is 1. The lowest BCUT2D eigenvalue weighted by atomic mass is 9.86. The maximum absolute atomic E-state index is 12.7. The van der Waals surface area contributed by atoms with E-state index in [1.54, 1.807) is 25.7 Å². The molecule has 0 unspecified atom stereocenters. The fraction of sp³-hybridized carbons (Fsp3) is 0.381. The van der Waals surface area contributed by atoms with Crippen LogP contribution in [0.4, 0.5) is 0 Å². The fourth-order valence-corrected chi connectivity index (χ4v) is 3.61. The van der Waals surface area contributed by atoms with Gasteiger partial charge in [-0.3, -0.25) is 14.8 Å². The molecule has 1 aliphatic heterocycles. The molecule has 2 aromatic rings. The molecule has 0 aliphatic carbocycles. The minimum absolute atomic E-state index is 0.0325. The average molecular weight is 349 g/mol. The van der Waals surface area contributed by atoms with E-state index in [1.807, 2.05) is 23.1 Å². The predicted octanol–water partition coefficient (Wildman–Crippen LogP) is 3.15. The lowest BCUT2D eigenvalue weighted by molar-refractivity contribution is -0.130. The molecule has 5 nitrogen and oxygen atoms in total. The molecule has 2 atom stereocenters. The van der Waals surface area contributed by atoms with Crippen LogP contribution in [0.1, 0.15) is 49.0 Å². The summed E-state index contributed by atoms with van der Waals surface area (Å²) in [6.45, 7) is 2.15. The summed E-state index contributed by atoms with van der Waals surface area (Å²) in [7, 11) is 1.63. The zero-order chi connectivity index (χ0) is 18.5. The van der Waals surface area contributed by atoms with Crippen molar-refractivity contribution >= 4 is 5.91 Å². The topological polar surface area (TPSA) is 55.3 Å². The van der Waals surface area contributed by atoms with E-state index in [9.17, 15) is 4.79 Å². The van der Waals surface area contributed by atoms with Crippen molar-refractivity contribution in [1.29, 1.82) is 0 Å². The van der Waals surface area contributed by atoms with Crippen molar-refractivity contribution < 1.29 is 9.53 Å². The highest BCUT2D eigenvalue weighted by Crippen LogP contribution is 2.39. The van der Waals surface area contributed by atoms with Crippen LogP contribution in [-0.2, 0) is 11.2 Å². The number of amides is 1. The van der Waals surface area contributed by atoms with E-state index in [0.29, 0.717) is 0 Å². The van der Waals surface area contributed by atoms with Crippen molar-refractivity contribution in [3.05, 3.63) is 53.6 Å². The first kappa shape index (κ1) is 17.9. The number of terminal acetylenes is 1. The van der Waals surface area contributed by atoms with Crippen molar-refractivity contribution in [2.45, 2.75) is 44.7 Å². The molecule has 0 fully saturated rings. The minimum Gasteiger partial charge on any atom is -0.495 e. The number of unbranched alkanes of at least 4 members (excludes halogenated alkanes) is 1. The molecule has 1 amide bonds. The number of pyridine rings is 2. The maximum Gasteiger partial charge on any atom is 0.299 e. The van der Waals surface area contributed by atoms with Gasteiger partial charge >= 0.3 is 0 Å². The van der Waals surface area contributed by atoms with Gasteiger partial charge in [-0.05, 0) is 42.0 Å². The summed E-state index contributed by atoms with van der Waals surface area (Å²) in [6, 6.07) is 5.55. The highest BCUT2D eigenvalue weighted by molar-refractivity contribution is 5.94. The Morgan fingerprint density at radius 1 is 1.46 bits per heavy atom. The monoisotopic (exact) mass is 349 g/mol. The number of hydrogen-bond donors (Lipinski definition) is 0. The predicted molar refractivity (Wildman–Crippen MR) is 99.6 cm³/mol. The van der Waals surface area contributed by atoms with Crippen LogP contribution < -0.4 is 4.74 Å². The van der Waals surface area contributed by atoms with Crippen molar-refractivity contribution in [2.24, 2.45) is 0 Å². The molecule has 0 saturated carbocycles. The molecule has 0 N–H and O–H groups in total. The maximum atomic E-state index is 12.7. The largest absolute Gasteiger partial charge is 0.495 e. The normalized spacial score (nSPS) is 18.7. The number of methoxy groups -OCH3 is 1. The van der Waals surface area contributed by atoms with Crippen LogP contribution in [-0.4, -0.2) is 33.9 Å². The van der Waals surface area contributed by atoms with Gasteiger partial charge in [0.2, 0.25) is 0 Å². The third-order valence-electron chi connectivity index (χ3n) is 4.85. The molecule has 1 aliphatic rings.